The van der Waals surface area contributed by atoms with E-state index < -0.39 is 25.7 Å². The van der Waals surface area contributed by atoms with E-state index in [2.05, 4.69) is 6.92 Å². The van der Waals surface area contributed by atoms with Gasteiger partial charge in [-0.25, -0.2) is 0 Å². The van der Waals surface area contributed by atoms with Gasteiger partial charge in [0.2, 0.25) is 0 Å². The van der Waals surface area contributed by atoms with Crippen LogP contribution in [-0.4, -0.2) is 37.1 Å². The monoisotopic (exact) mass is 375 g/mol. The molecule has 0 spiro atoms. The molecule has 19 heavy (non-hydrogen) atoms. The summed E-state index contributed by atoms with van der Waals surface area (Å²) in [5.74, 6) is -0.121. The number of Topliss-reactive ketones (excluding diaryl/α,β-unsaturated/α-hetero) is 3. The molecule has 1 radical (unpaired) electrons. The molecule has 0 aliphatic rings. The Morgan fingerprint density at radius 3 is 1.89 bits per heavy atom. The van der Waals surface area contributed by atoms with Crippen LogP contribution >= 0.6 is 0 Å². The Morgan fingerprint density at radius 2 is 1.47 bits per heavy atom. The van der Waals surface area contributed by atoms with Crippen molar-refractivity contribution in [3.8, 4) is 0 Å². The van der Waals surface area contributed by atoms with Gasteiger partial charge in [-0.3, -0.25) is 0 Å². The third kappa shape index (κ3) is 9.36. The molecule has 0 aliphatic heterocycles. The van der Waals surface area contributed by atoms with Crippen LogP contribution in [0.3, 0.4) is 0 Å². The van der Waals surface area contributed by atoms with Crippen molar-refractivity contribution in [1.29, 1.82) is 0 Å². The Balaban J connectivity index is 4.18. The number of carbonyl (C=O) groups excluding carboxylic acids is 3. The van der Waals surface area contributed by atoms with Crippen LogP contribution in [0.1, 0.15) is 53.4 Å². The number of hydrogen-bond donors (Lipinski definition) is 0. The normalized spacial score (nSPS) is 11.1. The van der Waals surface area contributed by atoms with E-state index in [1.165, 1.54) is 31.1 Å². The summed E-state index contributed by atoms with van der Waals surface area (Å²) in [6.07, 6.45) is 4.03. The third-order valence-electron chi connectivity index (χ3n) is 3.39. The fourth-order valence-electron chi connectivity index (χ4n) is 2.33. The molecule has 0 aromatic carbocycles. The van der Waals surface area contributed by atoms with Crippen LogP contribution in [-0.2, 0) is 14.4 Å². The summed E-state index contributed by atoms with van der Waals surface area (Å²) in [7, 11) is 0. The summed E-state index contributed by atoms with van der Waals surface area (Å²) in [6, 6.07) is 0. The van der Waals surface area contributed by atoms with Crippen LogP contribution in [0.15, 0.2) is 0 Å². The number of ketones is 3. The Bertz CT molecular complexity index is 299. The Kier molecular flexibility index (Phi) is 10.5. The molecule has 0 saturated heterocycles. The molecule has 0 rings (SSSR count). The SMILES string of the molecule is CCC[CH2][Sn]([CH2]CCC(C(C)=O)C(C)=O)[CH2]C(C)=O. The minimum atomic E-state index is -1.59. The zero-order chi connectivity index (χ0) is 14.8. The molecule has 0 heterocycles. The van der Waals surface area contributed by atoms with E-state index >= 15 is 0 Å². The van der Waals surface area contributed by atoms with Crippen LogP contribution in [0, 0.1) is 5.92 Å². The van der Waals surface area contributed by atoms with Crippen molar-refractivity contribution in [3.05, 3.63) is 0 Å². The first-order chi connectivity index (χ1) is 8.88. The fraction of sp³-hybridized carbons (Fsp3) is 0.800. The van der Waals surface area contributed by atoms with Gasteiger partial charge in [0.1, 0.15) is 0 Å². The van der Waals surface area contributed by atoms with Gasteiger partial charge in [-0.1, -0.05) is 0 Å². The van der Waals surface area contributed by atoms with Crippen molar-refractivity contribution in [3.63, 3.8) is 0 Å². The molecule has 0 N–H and O–H groups in total. The van der Waals surface area contributed by atoms with E-state index in [0.29, 0.717) is 12.2 Å². The first-order valence-corrected chi connectivity index (χ1v) is 13.3. The summed E-state index contributed by atoms with van der Waals surface area (Å²) in [4.78, 5) is 34.0. The van der Waals surface area contributed by atoms with Crippen molar-refractivity contribution in [2.75, 3.05) is 0 Å². The predicted octanol–water partition coefficient (Wildman–Crippen LogP) is 3.44. The molecule has 0 amide bonds. The Morgan fingerprint density at radius 1 is 0.947 bits per heavy atom. The molecular weight excluding hydrogens is 347 g/mol. The first-order valence-electron chi connectivity index (χ1n) is 7.22. The first kappa shape index (κ1) is 18.8. The van der Waals surface area contributed by atoms with Crippen molar-refractivity contribution < 1.29 is 14.4 Å². The van der Waals surface area contributed by atoms with E-state index in [1.807, 2.05) is 0 Å². The second-order valence-electron chi connectivity index (χ2n) is 5.40. The minimum absolute atomic E-state index is 0.0159. The van der Waals surface area contributed by atoms with E-state index in [1.54, 1.807) is 6.92 Å². The molecular formula is C15H27O3Sn. The van der Waals surface area contributed by atoms with Gasteiger partial charge in [-0.2, -0.15) is 0 Å². The van der Waals surface area contributed by atoms with Gasteiger partial charge in [0.25, 0.3) is 0 Å². The average molecular weight is 374 g/mol. The maximum atomic E-state index is 11.4. The van der Waals surface area contributed by atoms with Crippen LogP contribution in [0.4, 0.5) is 0 Å². The topological polar surface area (TPSA) is 51.2 Å². The van der Waals surface area contributed by atoms with Gasteiger partial charge in [0.05, 0.1) is 0 Å². The van der Waals surface area contributed by atoms with Gasteiger partial charge in [-0.15, -0.1) is 0 Å². The van der Waals surface area contributed by atoms with E-state index in [-0.39, 0.29) is 11.6 Å². The van der Waals surface area contributed by atoms with Crippen molar-refractivity contribution in [2.45, 2.75) is 66.7 Å². The van der Waals surface area contributed by atoms with Crippen molar-refractivity contribution in [2.24, 2.45) is 5.92 Å². The second-order valence-corrected chi connectivity index (χ2v) is 13.5. The molecule has 0 unspecified atom stereocenters. The summed E-state index contributed by atoms with van der Waals surface area (Å²) in [5.41, 5.74) is 0. The van der Waals surface area contributed by atoms with Crippen LogP contribution in [0.25, 0.3) is 0 Å². The van der Waals surface area contributed by atoms with E-state index in [0.717, 1.165) is 15.3 Å². The maximum absolute atomic E-state index is 11.4. The van der Waals surface area contributed by atoms with Crippen LogP contribution < -0.4 is 0 Å². The molecule has 4 heteroatoms. The van der Waals surface area contributed by atoms with Crippen LogP contribution in [0.2, 0.25) is 13.3 Å². The van der Waals surface area contributed by atoms with Gasteiger partial charge >= 0.3 is 124 Å². The Hall–Kier alpha value is -0.191. The second kappa shape index (κ2) is 10.6. The quantitative estimate of drug-likeness (QED) is 0.411. The molecule has 0 fully saturated rings. The fourth-order valence-corrected chi connectivity index (χ4v) is 10.5. The number of carbonyl (C=O) groups is 3. The van der Waals surface area contributed by atoms with E-state index in [9.17, 15) is 14.4 Å². The Labute approximate surface area is 124 Å². The molecule has 0 bridgehead atoms. The van der Waals surface area contributed by atoms with Crippen molar-refractivity contribution in [1.82, 2.24) is 0 Å². The van der Waals surface area contributed by atoms with Crippen LogP contribution in [0.5, 0.6) is 0 Å². The molecule has 0 aromatic rings. The summed E-state index contributed by atoms with van der Waals surface area (Å²) < 4.78 is 3.23. The zero-order valence-corrected chi connectivity index (χ0v) is 15.6. The molecule has 0 aliphatic carbocycles. The average Bonchev–Trinajstić information content (AvgIpc) is 2.29. The number of hydrogen-bond acceptors (Lipinski definition) is 3. The van der Waals surface area contributed by atoms with E-state index in [4.69, 9.17) is 0 Å². The molecule has 3 nitrogen and oxygen atoms in total. The summed E-state index contributed by atoms with van der Waals surface area (Å²) in [6.45, 7) is 6.85. The molecule has 0 atom stereocenters. The summed E-state index contributed by atoms with van der Waals surface area (Å²) in [5, 5.41) is 0. The summed E-state index contributed by atoms with van der Waals surface area (Å²) >= 11 is -1.59. The van der Waals surface area contributed by atoms with Gasteiger partial charge in [-0.05, 0) is 0 Å². The number of unbranched alkanes of at least 4 members (excludes halogenated alkanes) is 1. The number of rotatable bonds is 11. The molecule has 0 aromatic heterocycles. The molecule has 109 valence electrons. The molecule has 0 saturated carbocycles. The van der Waals surface area contributed by atoms with Crippen molar-refractivity contribution >= 4 is 37.1 Å². The zero-order valence-electron chi connectivity index (χ0n) is 12.8. The predicted molar refractivity (Wildman–Crippen MR) is 79.9 cm³/mol. The third-order valence-corrected chi connectivity index (χ3v) is 12.3. The van der Waals surface area contributed by atoms with Gasteiger partial charge in [0, 0.05) is 0 Å². The van der Waals surface area contributed by atoms with Gasteiger partial charge < -0.3 is 0 Å². The van der Waals surface area contributed by atoms with Gasteiger partial charge in [0.15, 0.2) is 0 Å². The standard InChI is InChI=1S/C8H13O2.C4H9.C3H5O.Sn/c1-4-5-8(6(2)9)7(3)10;1-3-4-2;1-3(2)4;/h8H,1,4-5H2,2-3H3;1,3-4H2,2H3;1H2,2H3;.